The highest BCUT2D eigenvalue weighted by atomic mass is 79.9. The first kappa shape index (κ1) is 26.2. The van der Waals surface area contributed by atoms with Crippen molar-refractivity contribution < 1.29 is 13.0 Å². The second kappa shape index (κ2) is 9.56. The van der Waals surface area contributed by atoms with Crippen LogP contribution in [0.2, 0.25) is 0 Å². The molecule has 5 nitrogen and oxygen atoms in total. The molecule has 35 heavy (non-hydrogen) atoms. The summed E-state index contributed by atoms with van der Waals surface area (Å²) in [6, 6.07) is 4.07. The number of fused-ring (bicyclic) bond motifs is 3. The molecular formula is C28H35BrN2O3S. The number of hydrogen-bond donors (Lipinski definition) is 1. The van der Waals surface area contributed by atoms with Crippen LogP contribution in [0.5, 0.6) is 0 Å². The molecule has 0 aliphatic heterocycles. The van der Waals surface area contributed by atoms with Crippen molar-refractivity contribution in [1.29, 1.82) is 0 Å². The van der Waals surface area contributed by atoms with Crippen molar-refractivity contribution in [3.05, 3.63) is 50.2 Å². The van der Waals surface area contributed by atoms with Crippen molar-refractivity contribution >= 4 is 37.0 Å². The number of nitrogens with zero attached hydrogens (tertiary/aromatic N) is 2. The molecule has 0 fully saturated rings. The fourth-order valence-corrected chi connectivity index (χ4v) is 7.37. The van der Waals surface area contributed by atoms with Gasteiger partial charge < -0.3 is 0 Å². The van der Waals surface area contributed by atoms with E-state index in [0.29, 0.717) is 17.0 Å². The maximum atomic E-state index is 12.8. The van der Waals surface area contributed by atoms with Gasteiger partial charge in [-0.25, -0.2) is 9.97 Å². The molecule has 0 bridgehead atoms. The lowest BCUT2D eigenvalue weighted by Crippen LogP contribution is -2.15. The van der Waals surface area contributed by atoms with Crippen LogP contribution in [-0.2, 0) is 23.0 Å². The molecule has 4 rings (SSSR count). The van der Waals surface area contributed by atoms with Gasteiger partial charge in [0, 0.05) is 15.4 Å². The highest BCUT2D eigenvalue weighted by molar-refractivity contribution is 9.10. The van der Waals surface area contributed by atoms with Gasteiger partial charge in [0.05, 0.1) is 11.2 Å². The highest BCUT2D eigenvalue weighted by Gasteiger charge is 2.31. The van der Waals surface area contributed by atoms with E-state index < -0.39 is 10.1 Å². The van der Waals surface area contributed by atoms with E-state index in [9.17, 15) is 13.0 Å². The van der Waals surface area contributed by atoms with Crippen molar-refractivity contribution in [3.63, 3.8) is 0 Å². The number of benzene rings is 2. The van der Waals surface area contributed by atoms with E-state index in [0.717, 1.165) is 57.9 Å². The average molecular weight is 560 g/mol. The number of halogens is 1. The summed E-state index contributed by atoms with van der Waals surface area (Å²) in [4.78, 5) is 9.85. The quantitative estimate of drug-likeness (QED) is 0.322. The van der Waals surface area contributed by atoms with Crippen molar-refractivity contribution in [2.24, 2.45) is 0 Å². The first-order valence-corrected chi connectivity index (χ1v) is 14.7. The molecule has 188 valence electrons. The number of rotatable bonds is 5. The molecule has 3 aromatic rings. The molecule has 0 atom stereocenters. The van der Waals surface area contributed by atoms with Crippen molar-refractivity contribution in [2.45, 2.75) is 96.8 Å². The Bertz CT molecular complexity index is 1430. The van der Waals surface area contributed by atoms with Gasteiger partial charge in [-0.1, -0.05) is 63.5 Å². The fourth-order valence-electron chi connectivity index (χ4n) is 5.50. The Labute approximate surface area is 217 Å². The molecule has 0 radical (unpaired) electrons. The summed E-state index contributed by atoms with van der Waals surface area (Å²) in [5.74, 6) is 0.570. The summed E-state index contributed by atoms with van der Waals surface area (Å²) in [6.45, 7) is 14.0. The number of hydrogen-bond acceptors (Lipinski definition) is 4. The standard InChI is InChI=1S/C28H35BrN2O3S/c1-14(2)20-12-21(15(3)4)28(35(32,33)34)24(16(5)6)25(20)27-22-13-23(29)18-10-8-9-11-19(18)26(22)30-17(7)31-27/h12-16H,8-11H2,1-7H3,(H,32,33,34). The molecule has 0 saturated heterocycles. The number of aromatic nitrogens is 2. The van der Waals surface area contributed by atoms with Crippen LogP contribution >= 0.6 is 15.9 Å². The first-order chi connectivity index (χ1) is 16.3. The van der Waals surface area contributed by atoms with Gasteiger partial charge in [-0.3, -0.25) is 4.55 Å². The highest BCUT2D eigenvalue weighted by Crippen LogP contribution is 2.46. The SMILES string of the molecule is Cc1nc(-c2c(C(C)C)cc(C(C)C)c(S(=O)(=O)O)c2C(C)C)c2cc(Br)c3c(c2n1)CCCC3. The van der Waals surface area contributed by atoms with Gasteiger partial charge in [-0.15, -0.1) is 0 Å². The van der Waals surface area contributed by atoms with Gasteiger partial charge in [0.2, 0.25) is 0 Å². The van der Waals surface area contributed by atoms with Crippen LogP contribution in [0.4, 0.5) is 0 Å². The van der Waals surface area contributed by atoms with Crippen LogP contribution in [0, 0.1) is 6.92 Å². The summed E-state index contributed by atoms with van der Waals surface area (Å²) in [7, 11) is -4.47. The molecule has 1 aromatic heterocycles. The maximum absolute atomic E-state index is 12.8. The molecule has 0 amide bonds. The van der Waals surface area contributed by atoms with E-state index in [1.54, 1.807) is 0 Å². The van der Waals surface area contributed by atoms with Crippen LogP contribution in [0.15, 0.2) is 21.5 Å². The van der Waals surface area contributed by atoms with E-state index in [-0.39, 0.29) is 22.6 Å². The summed E-state index contributed by atoms with van der Waals surface area (Å²) < 4.78 is 37.2. The Hall–Kier alpha value is -1.83. The molecule has 2 aromatic carbocycles. The minimum atomic E-state index is -4.47. The summed E-state index contributed by atoms with van der Waals surface area (Å²) in [5.41, 5.74) is 7.41. The molecule has 1 heterocycles. The number of aryl methyl sites for hydroxylation is 2. The average Bonchev–Trinajstić information content (AvgIpc) is 2.77. The van der Waals surface area contributed by atoms with Crippen LogP contribution in [0.3, 0.4) is 0 Å². The molecule has 7 heteroatoms. The fraction of sp³-hybridized carbons (Fsp3) is 0.500. The third-order valence-corrected chi connectivity index (χ3v) is 8.74. The topological polar surface area (TPSA) is 80.2 Å². The minimum absolute atomic E-state index is 0.0309. The Morgan fingerprint density at radius 1 is 0.886 bits per heavy atom. The second-order valence-corrected chi connectivity index (χ2v) is 12.9. The first-order valence-electron chi connectivity index (χ1n) is 12.5. The smallest absolute Gasteiger partial charge is 0.282 e. The van der Waals surface area contributed by atoms with Gasteiger partial charge in [0.1, 0.15) is 10.7 Å². The molecule has 1 N–H and O–H groups in total. The largest absolute Gasteiger partial charge is 0.295 e. The monoisotopic (exact) mass is 558 g/mol. The predicted molar refractivity (Wildman–Crippen MR) is 146 cm³/mol. The third-order valence-electron chi connectivity index (χ3n) is 7.06. The van der Waals surface area contributed by atoms with Gasteiger partial charge >= 0.3 is 0 Å². The van der Waals surface area contributed by atoms with Crippen LogP contribution in [0.1, 0.15) is 106 Å². The molecule has 0 saturated carbocycles. The maximum Gasteiger partial charge on any atom is 0.295 e. The molecule has 0 spiro atoms. The summed E-state index contributed by atoms with van der Waals surface area (Å²) in [6.07, 6.45) is 4.28. The summed E-state index contributed by atoms with van der Waals surface area (Å²) >= 11 is 3.81. The molecular weight excluding hydrogens is 524 g/mol. The van der Waals surface area contributed by atoms with Crippen LogP contribution in [0.25, 0.3) is 22.2 Å². The van der Waals surface area contributed by atoms with E-state index in [1.165, 1.54) is 11.1 Å². The van der Waals surface area contributed by atoms with Gasteiger partial charge in [-0.05, 0) is 84.2 Å². The zero-order valence-electron chi connectivity index (χ0n) is 21.7. The van der Waals surface area contributed by atoms with E-state index in [4.69, 9.17) is 9.97 Å². The van der Waals surface area contributed by atoms with Gasteiger partial charge in [0.15, 0.2) is 0 Å². The third kappa shape index (κ3) is 4.67. The van der Waals surface area contributed by atoms with Crippen LogP contribution in [-0.4, -0.2) is 22.9 Å². The zero-order valence-corrected chi connectivity index (χ0v) is 24.1. The Kier molecular flexibility index (Phi) is 7.17. The predicted octanol–water partition coefficient (Wildman–Crippen LogP) is 7.86. The van der Waals surface area contributed by atoms with Crippen molar-refractivity contribution in [3.8, 4) is 11.3 Å². The minimum Gasteiger partial charge on any atom is -0.282 e. The Morgan fingerprint density at radius 3 is 2.03 bits per heavy atom. The Balaban J connectivity index is 2.26. The normalized spacial score (nSPS) is 14.4. The van der Waals surface area contributed by atoms with E-state index in [2.05, 4.69) is 35.8 Å². The lowest BCUT2D eigenvalue weighted by molar-refractivity contribution is 0.479. The van der Waals surface area contributed by atoms with Crippen molar-refractivity contribution in [2.75, 3.05) is 0 Å². The Morgan fingerprint density at radius 2 is 1.49 bits per heavy atom. The lowest BCUT2D eigenvalue weighted by atomic mass is 9.81. The molecule has 1 aliphatic rings. The van der Waals surface area contributed by atoms with Crippen molar-refractivity contribution in [1.82, 2.24) is 9.97 Å². The van der Waals surface area contributed by atoms with E-state index in [1.807, 2.05) is 40.7 Å². The van der Waals surface area contributed by atoms with Gasteiger partial charge in [0.25, 0.3) is 10.1 Å². The van der Waals surface area contributed by atoms with Crippen LogP contribution < -0.4 is 0 Å². The van der Waals surface area contributed by atoms with Gasteiger partial charge in [-0.2, -0.15) is 8.42 Å². The zero-order chi connectivity index (χ0) is 25.8. The second-order valence-electron chi connectivity index (χ2n) is 10.7. The molecule has 0 unspecified atom stereocenters. The summed E-state index contributed by atoms with van der Waals surface area (Å²) in [5, 5.41) is 0.922. The molecule has 1 aliphatic carbocycles. The van der Waals surface area contributed by atoms with E-state index >= 15 is 0 Å². The lowest BCUT2D eigenvalue weighted by Gasteiger charge is -2.27.